The van der Waals surface area contributed by atoms with Crippen LogP contribution in [0, 0.1) is 18.8 Å². The molecule has 0 unspecified atom stereocenters. The Labute approximate surface area is 121 Å². The van der Waals surface area contributed by atoms with Gasteiger partial charge in [-0.2, -0.15) is 0 Å². The number of pyridine rings is 1. The molecule has 4 nitrogen and oxygen atoms in total. The number of nitrogens with zero attached hydrogens (tertiary/aromatic N) is 1. The quantitative estimate of drug-likeness (QED) is 0.845. The molecule has 1 amide bonds. The number of nitrogens with one attached hydrogen (secondary N) is 1. The third-order valence-electron chi connectivity index (χ3n) is 2.62. The van der Waals surface area contributed by atoms with Crippen molar-refractivity contribution in [2.24, 2.45) is 0 Å². The van der Waals surface area contributed by atoms with Gasteiger partial charge >= 0.3 is 0 Å². The van der Waals surface area contributed by atoms with Gasteiger partial charge in [0, 0.05) is 18.9 Å². The van der Waals surface area contributed by atoms with Crippen molar-refractivity contribution >= 4 is 17.2 Å². The van der Waals surface area contributed by atoms with Gasteiger partial charge in [0.15, 0.2) is 0 Å². The minimum atomic E-state index is -0.180. The third kappa shape index (κ3) is 3.67. The van der Waals surface area contributed by atoms with Crippen LogP contribution in [0.25, 0.3) is 0 Å². The zero-order chi connectivity index (χ0) is 14.4. The summed E-state index contributed by atoms with van der Waals surface area (Å²) >= 11 is 1.33. The molecule has 0 aliphatic heterocycles. The molecule has 2 aromatic rings. The number of aryl methyl sites for hydroxylation is 1. The topological polar surface area (TPSA) is 62.2 Å². The second kappa shape index (κ2) is 6.85. The fourth-order valence-corrected chi connectivity index (χ4v) is 2.57. The predicted molar refractivity (Wildman–Crippen MR) is 78.4 cm³/mol. The van der Waals surface area contributed by atoms with Crippen molar-refractivity contribution in [3.63, 3.8) is 0 Å². The van der Waals surface area contributed by atoms with Gasteiger partial charge in [-0.3, -0.25) is 9.78 Å². The lowest BCUT2D eigenvalue weighted by molar-refractivity contribution is 0.0955. The van der Waals surface area contributed by atoms with E-state index in [-0.39, 0.29) is 12.5 Å². The number of thiophene rings is 1. The van der Waals surface area contributed by atoms with Crippen LogP contribution < -0.4 is 5.32 Å². The van der Waals surface area contributed by atoms with Gasteiger partial charge in [-0.15, -0.1) is 11.3 Å². The summed E-state index contributed by atoms with van der Waals surface area (Å²) in [5.74, 6) is 5.32. The fraction of sp³-hybridized carbons (Fsp3) is 0.200. The van der Waals surface area contributed by atoms with Gasteiger partial charge in [0.25, 0.3) is 5.91 Å². The normalized spacial score (nSPS) is 9.70. The van der Waals surface area contributed by atoms with Crippen molar-refractivity contribution in [3.8, 4) is 11.8 Å². The molecule has 0 saturated heterocycles. The SMILES string of the molecule is Cc1cc(C(=O)NCc2ccncc2)sc1C#CCO. The number of rotatable bonds is 3. The second-order valence-corrected chi connectivity index (χ2v) is 5.17. The average Bonchev–Trinajstić information content (AvgIpc) is 2.85. The van der Waals surface area contributed by atoms with Crippen LogP contribution in [0.3, 0.4) is 0 Å². The summed E-state index contributed by atoms with van der Waals surface area (Å²) in [6.07, 6.45) is 3.39. The zero-order valence-electron chi connectivity index (χ0n) is 11.0. The largest absolute Gasteiger partial charge is 0.384 e. The first kappa shape index (κ1) is 14.3. The maximum absolute atomic E-state index is 12.0. The van der Waals surface area contributed by atoms with Crippen molar-refractivity contribution in [2.75, 3.05) is 6.61 Å². The monoisotopic (exact) mass is 286 g/mol. The molecule has 0 aromatic carbocycles. The van der Waals surface area contributed by atoms with Crippen LogP contribution in [0.15, 0.2) is 30.6 Å². The molecule has 5 heteroatoms. The van der Waals surface area contributed by atoms with Gasteiger partial charge in [0.2, 0.25) is 0 Å². The van der Waals surface area contributed by atoms with E-state index in [2.05, 4.69) is 22.1 Å². The van der Waals surface area contributed by atoms with E-state index in [1.54, 1.807) is 12.4 Å². The van der Waals surface area contributed by atoms with E-state index in [1.807, 2.05) is 25.1 Å². The molecule has 0 spiro atoms. The first-order valence-electron chi connectivity index (χ1n) is 6.08. The van der Waals surface area contributed by atoms with Crippen LogP contribution in [-0.4, -0.2) is 22.6 Å². The number of carbonyl (C=O) groups is 1. The molecule has 0 bridgehead atoms. The van der Waals surface area contributed by atoms with E-state index >= 15 is 0 Å². The summed E-state index contributed by atoms with van der Waals surface area (Å²) < 4.78 is 0. The highest BCUT2D eigenvalue weighted by Crippen LogP contribution is 2.20. The molecule has 0 aliphatic rings. The number of amides is 1. The summed E-state index contributed by atoms with van der Waals surface area (Å²) in [5, 5.41) is 11.5. The number of aromatic nitrogens is 1. The summed E-state index contributed by atoms with van der Waals surface area (Å²) in [6, 6.07) is 5.53. The van der Waals surface area contributed by atoms with Gasteiger partial charge in [-0.1, -0.05) is 11.8 Å². The molecule has 0 saturated carbocycles. The fourth-order valence-electron chi connectivity index (χ4n) is 1.61. The Morgan fingerprint density at radius 1 is 1.45 bits per heavy atom. The van der Waals surface area contributed by atoms with Gasteiger partial charge in [-0.25, -0.2) is 0 Å². The number of hydrogen-bond donors (Lipinski definition) is 2. The smallest absolute Gasteiger partial charge is 0.261 e. The van der Waals surface area contributed by atoms with Gasteiger partial charge in [0.1, 0.15) is 6.61 Å². The van der Waals surface area contributed by atoms with Crippen LogP contribution in [0.1, 0.15) is 25.7 Å². The highest BCUT2D eigenvalue weighted by Gasteiger charge is 2.11. The average molecular weight is 286 g/mol. The van der Waals surface area contributed by atoms with Gasteiger partial charge < -0.3 is 10.4 Å². The standard InChI is InChI=1S/C15H14N2O2S/c1-11-9-14(20-13(11)3-2-8-18)15(19)17-10-12-4-6-16-7-5-12/h4-7,9,18H,8,10H2,1H3,(H,17,19). The summed E-state index contributed by atoms with van der Waals surface area (Å²) in [5.41, 5.74) is 1.95. The third-order valence-corrected chi connectivity index (χ3v) is 3.78. The van der Waals surface area contributed by atoms with E-state index in [9.17, 15) is 4.79 Å². The van der Waals surface area contributed by atoms with Gasteiger partial charge in [-0.05, 0) is 36.2 Å². The molecule has 0 fully saturated rings. The van der Waals surface area contributed by atoms with Crippen LogP contribution in [0.5, 0.6) is 0 Å². The summed E-state index contributed by atoms with van der Waals surface area (Å²) in [7, 11) is 0. The Kier molecular flexibility index (Phi) is 4.88. The van der Waals surface area contributed by atoms with Crippen LogP contribution in [0.2, 0.25) is 0 Å². The molecular formula is C15H14N2O2S. The van der Waals surface area contributed by atoms with Crippen molar-refractivity contribution in [1.82, 2.24) is 10.3 Å². The second-order valence-electron chi connectivity index (χ2n) is 4.12. The number of hydrogen-bond acceptors (Lipinski definition) is 4. The molecule has 2 heterocycles. The van der Waals surface area contributed by atoms with Crippen molar-refractivity contribution in [1.29, 1.82) is 0 Å². The molecule has 2 N–H and O–H groups in total. The van der Waals surface area contributed by atoms with Crippen LogP contribution in [-0.2, 0) is 6.54 Å². The van der Waals surface area contributed by atoms with E-state index in [4.69, 9.17) is 5.11 Å². The van der Waals surface area contributed by atoms with E-state index in [0.29, 0.717) is 11.4 Å². The zero-order valence-corrected chi connectivity index (χ0v) is 11.8. The Morgan fingerprint density at radius 3 is 2.90 bits per heavy atom. The predicted octanol–water partition coefficient (Wildman–Crippen LogP) is 1.73. The van der Waals surface area contributed by atoms with Crippen molar-refractivity contribution < 1.29 is 9.90 Å². The molecule has 2 rings (SSSR count). The number of aliphatic hydroxyl groups excluding tert-OH is 1. The first-order chi connectivity index (χ1) is 9.70. The molecule has 0 radical (unpaired) electrons. The lowest BCUT2D eigenvalue weighted by Crippen LogP contribution is -2.21. The maximum atomic E-state index is 12.0. The molecule has 0 atom stereocenters. The highest BCUT2D eigenvalue weighted by molar-refractivity contribution is 7.14. The first-order valence-corrected chi connectivity index (χ1v) is 6.89. The Bertz CT molecular complexity index is 654. The van der Waals surface area contributed by atoms with Crippen LogP contribution in [0.4, 0.5) is 0 Å². The maximum Gasteiger partial charge on any atom is 0.261 e. The Hall–Kier alpha value is -2.16. The molecule has 0 aliphatic carbocycles. The Morgan fingerprint density at radius 2 is 2.20 bits per heavy atom. The van der Waals surface area contributed by atoms with Crippen LogP contribution >= 0.6 is 11.3 Å². The summed E-state index contributed by atoms with van der Waals surface area (Å²) in [4.78, 5) is 17.4. The molecular weight excluding hydrogens is 272 g/mol. The Balaban J connectivity index is 2.03. The lowest BCUT2D eigenvalue weighted by atomic mass is 10.2. The summed E-state index contributed by atoms with van der Waals surface area (Å²) in [6.45, 7) is 2.19. The van der Waals surface area contributed by atoms with Crippen molar-refractivity contribution in [2.45, 2.75) is 13.5 Å². The van der Waals surface area contributed by atoms with Crippen molar-refractivity contribution in [3.05, 3.63) is 51.5 Å². The minimum absolute atomic E-state index is 0.119. The molecule has 20 heavy (non-hydrogen) atoms. The lowest BCUT2D eigenvalue weighted by Gasteiger charge is -2.02. The molecule has 102 valence electrons. The number of aliphatic hydroxyl groups is 1. The van der Waals surface area contributed by atoms with E-state index < -0.39 is 0 Å². The van der Waals surface area contributed by atoms with E-state index in [0.717, 1.165) is 16.0 Å². The highest BCUT2D eigenvalue weighted by atomic mass is 32.1. The number of carbonyl (C=O) groups excluding carboxylic acids is 1. The molecule has 2 aromatic heterocycles. The minimum Gasteiger partial charge on any atom is -0.384 e. The van der Waals surface area contributed by atoms with Gasteiger partial charge in [0.05, 0.1) is 9.75 Å². The van der Waals surface area contributed by atoms with E-state index in [1.165, 1.54) is 11.3 Å².